The molecule has 1 aromatic rings. The molecule has 3 aliphatic rings. The zero-order valence-electron chi connectivity index (χ0n) is 17.1. The molecule has 142 valence electrons. The van der Waals surface area contributed by atoms with Gasteiger partial charge in [0.05, 0.1) is 0 Å². The molecule has 4 rings (SSSR count). The molecule has 0 aliphatic heterocycles. The lowest BCUT2D eigenvalue weighted by Gasteiger charge is -2.48. The van der Waals surface area contributed by atoms with Gasteiger partial charge in [-0.1, -0.05) is 56.3 Å². The normalized spacial score (nSPS) is 33.5. The van der Waals surface area contributed by atoms with Gasteiger partial charge in [0.25, 0.3) is 0 Å². The van der Waals surface area contributed by atoms with Crippen LogP contribution in [0.25, 0.3) is 5.57 Å². The van der Waals surface area contributed by atoms with Gasteiger partial charge in [0, 0.05) is 18.0 Å². The van der Waals surface area contributed by atoms with Crippen LogP contribution < -0.4 is 0 Å². The molecule has 2 atom stereocenters. The lowest BCUT2D eigenvalue weighted by atomic mass is 9.57. The van der Waals surface area contributed by atoms with Crippen LogP contribution in [-0.2, 0) is 6.42 Å². The van der Waals surface area contributed by atoms with Crippen LogP contribution in [0.3, 0.4) is 0 Å². The highest BCUT2D eigenvalue weighted by molar-refractivity contribution is 6.14. The van der Waals surface area contributed by atoms with Crippen molar-refractivity contribution >= 4 is 11.8 Å². The van der Waals surface area contributed by atoms with Crippen LogP contribution in [-0.4, -0.2) is 6.21 Å². The third kappa shape index (κ3) is 3.88. The third-order valence-corrected chi connectivity index (χ3v) is 6.80. The minimum Gasteiger partial charge on any atom is -0.264 e. The van der Waals surface area contributed by atoms with Crippen molar-refractivity contribution in [3.05, 3.63) is 65.4 Å². The predicted octanol–water partition coefficient (Wildman–Crippen LogP) is 7.01. The number of hydrogen-bond acceptors (Lipinski definition) is 1. The monoisotopic (exact) mass is 359 g/mol. The number of nitrogens with zero attached hydrogens (tertiary/aromatic N) is 1. The average molecular weight is 360 g/mol. The molecule has 0 heterocycles. The second-order valence-corrected chi connectivity index (χ2v) is 9.39. The largest absolute Gasteiger partial charge is 0.264 e. The highest BCUT2D eigenvalue weighted by Crippen LogP contribution is 2.53. The summed E-state index contributed by atoms with van der Waals surface area (Å²) in [6.07, 6.45) is 19.0. The van der Waals surface area contributed by atoms with Crippen molar-refractivity contribution in [3.63, 3.8) is 0 Å². The van der Waals surface area contributed by atoms with Crippen molar-refractivity contribution in [1.29, 1.82) is 0 Å². The summed E-state index contributed by atoms with van der Waals surface area (Å²) in [5.74, 6) is 2.64. The van der Waals surface area contributed by atoms with E-state index in [9.17, 15) is 0 Å². The first kappa shape index (κ1) is 18.5. The first-order valence-corrected chi connectivity index (χ1v) is 10.7. The van der Waals surface area contributed by atoms with Gasteiger partial charge in [0.15, 0.2) is 0 Å². The molecule has 2 saturated carbocycles. The lowest BCUT2D eigenvalue weighted by molar-refractivity contribution is 0.0555. The number of benzene rings is 1. The Kier molecular flexibility index (Phi) is 5.21. The van der Waals surface area contributed by atoms with Gasteiger partial charge < -0.3 is 0 Å². The molecule has 0 N–H and O–H groups in total. The van der Waals surface area contributed by atoms with E-state index >= 15 is 0 Å². The topological polar surface area (TPSA) is 12.4 Å². The zero-order valence-corrected chi connectivity index (χ0v) is 17.1. The van der Waals surface area contributed by atoms with Gasteiger partial charge in [-0.05, 0) is 85.3 Å². The van der Waals surface area contributed by atoms with Crippen molar-refractivity contribution < 1.29 is 0 Å². The van der Waals surface area contributed by atoms with Gasteiger partial charge >= 0.3 is 0 Å². The van der Waals surface area contributed by atoms with Crippen LogP contribution in [0, 0.1) is 23.2 Å². The van der Waals surface area contributed by atoms with Crippen LogP contribution in [0.15, 0.2) is 59.3 Å². The average Bonchev–Trinajstić information content (AvgIpc) is 2.95. The molecule has 3 aliphatic carbocycles. The highest BCUT2D eigenvalue weighted by Gasteiger charge is 2.42. The van der Waals surface area contributed by atoms with Crippen LogP contribution in [0.5, 0.6) is 0 Å². The molecule has 0 saturated heterocycles. The van der Waals surface area contributed by atoms with E-state index in [1.54, 1.807) is 0 Å². The molecule has 1 nitrogen and oxygen atoms in total. The number of rotatable bonds is 4. The molecular formula is C26H33N. The Bertz CT molecular complexity index is 788. The molecule has 0 amide bonds. The Hall–Kier alpha value is -1.89. The van der Waals surface area contributed by atoms with E-state index in [1.807, 2.05) is 0 Å². The summed E-state index contributed by atoms with van der Waals surface area (Å²) < 4.78 is 0. The van der Waals surface area contributed by atoms with Crippen molar-refractivity contribution in [2.45, 2.75) is 59.3 Å². The van der Waals surface area contributed by atoms with E-state index in [2.05, 4.69) is 75.7 Å². The molecule has 0 aromatic heterocycles. The maximum absolute atomic E-state index is 4.77. The van der Waals surface area contributed by atoms with Crippen molar-refractivity contribution in [3.8, 4) is 0 Å². The molecular weight excluding hydrogens is 326 g/mol. The van der Waals surface area contributed by atoms with Crippen LogP contribution in [0.4, 0.5) is 0 Å². The van der Waals surface area contributed by atoms with Crippen LogP contribution >= 0.6 is 0 Å². The smallest absolute Gasteiger partial charge is 0.0349 e. The Morgan fingerprint density at radius 1 is 1.04 bits per heavy atom. The first-order chi connectivity index (χ1) is 13.1. The summed E-state index contributed by atoms with van der Waals surface area (Å²) >= 11 is 0. The molecule has 2 fully saturated rings. The maximum atomic E-state index is 4.77. The van der Waals surface area contributed by atoms with Crippen molar-refractivity contribution in [2.75, 3.05) is 0 Å². The molecule has 1 heteroatoms. The fourth-order valence-corrected chi connectivity index (χ4v) is 6.22. The van der Waals surface area contributed by atoms with E-state index < -0.39 is 0 Å². The van der Waals surface area contributed by atoms with Crippen molar-refractivity contribution in [1.82, 2.24) is 0 Å². The fourth-order valence-electron chi connectivity index (χ4n) is 6.22. The summed E-state index contributed by atoms with van der Waals surface area (Å²) in [7, 11) is 0. The van der Waals surface area contributed by atoms with Crippen LogP contribution in [0.2, 0.25) is 0 Å². The summed E-state index contributed by atoms with van der Waals surface area (Å²) in [5, 5.41) is 0. The third-order valence-electron chi connectivity index (χ3n) is 6.80. The molecule has 2 bridgehead atoms. The lowest BCUT2D eigenvalue weighted by Crippen LogP contribution is -2.37. The van der Waals surface area contributed by atoms with E-state index in [4.69, 9.17) is 4.99 Å². The Morgan fingerprint density at radius 2 is 1.78 bits per heavy atom. The minimum absolute atomic E-state index is 0.394. The second-order valence-electron chi connectivity index (χ2n) is 9.39. The van der Waals surface area contributed by atoms with Gasteiger partial charge in [0.2, 0.25) is 0 Å². The molecule has 1 aromatic carbocycles. The van der Waals surface area contributed by atoms with Gasteiger partial charge in [-0.2, -0.15) is 0 Å². The molecule has 2 unspecified atom stereocenters. The number of hydrogen-bond donors (Lipinski definition) is 0. The standard InChI is InChI=1S/C26H33N/c1-4-7-22-14-23-8-5-6-9-24(23)25(22)18-27-11-10-26-15-19(2)12-21(17-26)13-20(3)16-26/h4-11,18-21H,12-17H2,1-3H3/b7-4-,11-10+,27-18-. The van der Waals surface area contributed by atoms with Gasteiger partial charge in [-0.25, -0.2) is 0 Å². The van der Waals surface area contributed by atoms with Crippen LogP contribution in [0.1, 0.15) is 64.0 Å². The highest BCUT2D eigenvalue weighted by atomic mass is 14.7. The molecule has 0 radical (unpaired) electrons. The quantitative estimate of drug-likeness (QED) is 0.513. The number of fused-ring (bicyclic) bond motifs is 3. The minimum atomic E-state index is 0.394. The fraction of sp³-hybridized carbons (Fsp3) is 0.500. The van der Waals surface area contributed by atoms with E-state index in [-0.39, 0.29) is 0 Å². The second kappa shape index (κ2) is 7.62. The zero-order chi connectivity index (χ0) is 18.9. The molecule has 0 spiro atoms. The first-order valence-electron chi connectivity index (χ1n) is 10.7. The van der Waals surface area contributed by atoms with Gasteiger partial charge in [-0.3, -0.25) is 4.99 Å². The maximum Gasteiger partial charge on any atom is 0.0349 e. The summed E-state index contributed by atoms with van der Waals surface area (Å²) in [5.41, 5.74) is 5.83. The Balaban J connectivity index is 1.55. The number of allylic oxidation sites excluding steroid dienone is 5. The summed E-state index contributed by atoms with van der Waals surface area (Å²) in [4.78, 5) is 4.77. The van der Waals surface area contributed by atoms with Gasteiger partial charge in [0.1, 0.15) is 0 Å². The number of aliphatic imine (C=N–C) groups is 1. The van der Waals surface area contributed by atoms with Crippen molar-refractivity contribution in [2.24, 2.45) is 28.2 Å². The van der Waals surface area contributed by atoms with Gasteiger partial charge in [-0.15, -0.1) is 0 Å². The summed E-state index contributed by atoms with van der Waals surface area (Å²) in [6.45, 7) is 6.98. The predicted molar refractivity (Wildman–Crippen MR) is 117 cm³/mol. The van der Waals surface area contributed by atoms with E-state index in [0.29, 0.717) is 5.41 Å². The Morgan fingerprint density at radius 3 is 2.52 bits per heavy atom. The van der Waals surface area contributed by atoms with E-state index in [1.165, 1.54) is 54.4 Å². The van der Waals surface area contributed by atoms with E-state index in [0.717, 1.165) is 24.2 Å². The Labute approximate surface area is 165 Å². The SMILES string of the molecule is C/C=C\C1=C(/C=N\C=C\C23CC(C)CC(CC(C)C2)C3)c2ccccc2C1. The molecule has 27 heavy (non-hydrogen) atoms. The summed E-state index contributed by atoms with van der Waals surface area (Å²) in [6, 6.07) is 8.73.